The Morgan fingerprint density at radius 3 is 2.28 bits per heavy atom. The minimum atomic E-state index is -0.179. The van der Waals surface area contributed by atoms with Gasteiger partial charge in [-0.2, -0.15) is 0 Å². The molecule has 1 aliphatic heterocycles. The van der Waals surface area contributed by atoms with Gasteiger partial charge in [0.15, 0.2) is 0 Å². The van der Waals surface area contributed by atoms with E-state index in [2.05, 4.69) is 27.1 Å². The Kier molecular flexibility index (Phi) is 5.44. The molecule has 3 aromatic rings. The molecule has 1 saturated heterocycles. The summed E-state index contributed by atoms with van der Waals surface area (Å²) in [6, 6.07) is 16.5. The van der Waals surface area contributed by atoms with Crippen LogP contribution >= 0.6 is 0 Å². The van der Waals surface area contributed by atoms with E-state index in [4.69, 9.17) is 0 Å². The number of anilines is 2. The van der Waals surface area contributed by atoms with Gasteiger partial charge in [-0.3, -0.25) is 9.78 Å². The summed E-state index contributed by atoms with van der Waals surface area (Å²) in [5, 5.41) is 13.2. The van der Waals surface area contributed by atoms with E-state index in [1.165, 1.54) is 0 Å². The number of rotatable bonds is 4. The molecule has 2 aromatic carbocycles. The van der Waals surface area contributed by atoms with Crippen LogP contribution in [0.5, 0.6) is 5.75 Å². The third-order valence-electron chi connectivity index (χ3n) is 5.24. The van der Waals surface area contributed by atoms with Crippen molar-refractivity contribution < 1.29 is 9.90 Å². The van der Waals surface area contributed by atoms with Gasteiger partial charge >= 0.3 is 0 Å². The molecule has 2 heterocycles. The molecule has 0 spiro atoms. The molecule has 1 aromatic heterocycles. The molecule has 6 heteroatoms. The van der Waals surface area contributed by atoms with Crippen LogP contribution < -0.4 is 10.2 Å². The van der Waals surface area contributed by atoms with Crippen LogP contribution in [0.1, 0.15) is 10.4 Å². The molecule has 4 rings (SSSR count). The van der Waals surface area contributed by atoms with Crippen molar-refractivity contribution in [2.45, 2.75) is 0 Å². The van der Waals surface area contributed by atoms with Crippen molar-refractivity contribution in [1.29, 1.82) is 0 Å². The predicted octanol–water partition coefficient (Wildman–Crippen LogP) is 3.46. The van der Waals surface area contributed by atoms with Gasteiger partial charge in [-0.1, -0.05) is 12.1 Å². The van der Waals surface area contributed by atoms with Crippen LogP contribution in [0.25, 0.3) is 11.1 Å². The number of phenolic OH excluding ortho intramolecular Hbond substituents is 1. The first-order valence-electron chi connectivity index (χ1n) is 9.68. The summed E-state index contributed by atoms with van der Waals surface area (Å²) in [7, 11) is 2.09. The van der Waals surface area contributed by atoms with E-state index in [-0.39, 0.29) is 11.7 Å². The number of nitrogens with one attached hydrogen (secondary N) is 1. The zero-order chi connectivity index (χ0) is 20.2. The Labute approximate surface area is 170 Å². The standard InChI is InChI=1S/C23H24N4O2/c1-26-12-14-27(15-13-26)21-16-20(6-7-22(21)28)25-23(29)19-4-2-17(3-5-19)18-8-10-24-11-9-18/h2-11,16,28H,12-15H2,1H3,(H,25,29). The van der Waals surface area contributed by atoms with Gasteiger partial charge in [0, 0.05) is 49.8 Å². The summed E-state index contributed by atoms with van der Waals surface area (Å²) in [4.78, 5) is 21.1. The first-order valence-corrected chi connectivity index (χ1v) is 9.68. The molecule has 6 nitrogen and oxygen atoms in total. The molecule has 0 radical (unpaired) electrons. The Hall–Kier alpha value is -3.38. The predicted molar refractivity (Wildman–Crippen MR) is 115 cm³/mol. The fraction of sp³-hybridized carbons (Fsp3) is 0.217. The summed E-state index contributed by atoms with van der Waals surface area (Å²) < 4.78 is 0. The summed E-state index contributed by atoms with van der Waals surface area (Å²) in [5.41, 5.74) is 4.09. The van der Waals surface area contributed by atoms with E-state index < -0.39 is 0 Å². The van der Waals surface area contributed by atoms with Crippen molar-refractivity contribution in [2.75, 3.05) is 43.4 Å². The van der Waals surface area contributed by atoms with Gasteiger partial charge in [0.1, 0.15) is 5.75 Å². The van der Waals surface area contributed by atoms with Gasteiger partial charge in [-0.25, -0.2) is 0 Å². The van der Waals surface area contributed by atoms with Crippen LogP contribution in [0, 0.1) is 0 Å². The highest BCUT2D eigenvalue weighted by atomic mass is 16.3. The molecule has 0 bridgehead atoms. The largest absolute Gasteiger partial charge is 0.506 e. The number of hydrogen-bond donors (Lipinski definition) is 2. The maximum absolute atomic E-state index is 12.7. The molecule has 1 fully saturated rings. The summed E-state index contributed by atoms with van der Waals surface area (Å²) in [6.45, 7) is 3.58. The third kappa shape index (κ3) is 4.38. The SMILES string of the molecule is CN1CCN(c2cc(NC(=O)c3ccc(-c4ccncc4)cc3)ccc2O)CC1. The maximum atomic E-state index is 12.7. The van der Waals surface area contributed by atoms with Crippen molar-refractivity contribution in [3.63, 3.8) is 0 Å². The molecule has 0 saturated carbocycles. The molecule has 148 valence electrons. The lowest BCUT2D eigenvalue weighted by Gasteiger charge is -2.34. The first-order chi connectivity index (χ1) is 14.1. The second-order valence-corrected chi connectivity index (χ2v) is 7.26. The first kappa shape index (κ1) is 19.0. The molecule has 0 atom stereocenters. The zero-order valence-electron chi connectivity index (χ0n) is 16.4. The highest BCUT2D eigenvalue weighted by Gasteiger charge is 2.18. The smallest absolute Gasteiger partial charge is 0.255 e. The highest BCUT2D eigenvalue weighted by molar-refractivity contribution is 6.04. The number of hydrogen-bond acceptors (Lipinski definition) is 5. The van der Waals surface area contributed by atoms with E-state index in [0.717, 1.165) is 43.0 Å². The van der Waals surface area contributed by atoms with Gasteiger partial charge in [0.05, 0.1) is 5.69 Å². The normalized spacial score (nSPS) is 14.6. The molecular weight excluding hydrogens is 364 g/mol. The summed E-state index contributed by atoms with van der Waals surface area (Å²) in [5.74, 6) is 0.0514. The molecule has 2 N–H and O–H groups in total. The van der Waals surface area contributed by atoms with E-state index in [9.17, 15) is 9.90 Å². The highest BCUT2D eigenvalue weighted by Crippen LogP contribution is 2.31. The zero-order valence-corrected chi connectivity index (χ0v) is 16.4. The monoisotopic (exact) mass is 388 g/mol. The molecular formula is C23H24N4O2. The van der Waals surface area contributed by atoms with E-state index in [0.29, 0.717) is 11.3 Å². The topological polar surface area (TPSA) is 68.7 Å². The number of pyridine rings is 1. The van der Waals surface area contributed by atoms with Crippen LogP contribution in [0.2, 0.25) is 0 Å². The number of carbonyl (C=O) groups excluding carboxylic acids is 1. The quantitative estimate of drug-likeness (QED) is 0.670. The number of benzene rings is 2. The summed E-state index contributed by atoms with van der Waals surface area (Å²) in [6.07, 6.45) is 3.50. The second-order valence-electron chi connectivity index (χ2n) is 7.26. The van der Waals surface area contributed by atoms with Crippen molar-refractivity contribution in [3.05, 3.63) is 72.6 Å². The second kappa shape index (κ2) is 8.32. The number of amides is 1. The van der Waals surface area contributed by atoms with Gasteiger partial charge in [-0.15, -0.1) is 0 Å². The number of phenols is 1. The van der Waals surface area contributed by atoms with Gasteiger partial charge in [-0.05, 0) is 60.6 Å². The van der Waals surface area contributed by atoms with Crippen LogP contribution in [0.4, 0.5) is 11.4 Å². The lowest BCUT2D eigenvalue weighted by Crippen LogP contribution is -2.44. The fourth-order valence-corrected chi connectivity index (χ4v) is 3.46. The van der Waals surface area contributed by atoms with Gasteiger partial charge < -0.3 is 20.2 Å². The van der Waals surface area contributed by atoms with E-state index in [1.807, 2.05) is 42.5 Å². The van der Waals surface area contributed by atoms with Crippen LogP contribution in [0.15, 0.2) is 67.0 Å². The lowest BCUT2D eigenvalue weighted by molar-refractivity contribution is 0.102. The van der Waals surface area contributed by atoms with E-state index >= 15 is 0 Å². The number of aromatic hydroxyl groups is 1. The number of nitrogens with zero attached hydrogens (tertiary/aromatic N) is 3. The number of likely N-dealkylation sites (N-methyl/N-ethyl adjacent to an activating group) is 1. The molecule has 29 heavy (non-hydrogen) atoms. The van der Waals surface area contributed by atoms with Crippen molar-refractivity contribution in [3.8, 4) is 16.9 Å². The fourth-order valence-electron chi connectivity index (χ4n) is 3.46. The Balaban J connectivity index is 1.47. The number of piperazine rings is 1. The maximum Gasteiger partial charge on any atom is 0.255 e. The average molecular weight is 388 g/mol. The number of aromatic nitrogens is 1. The third-order valence-corrected chi connectivity index (χ3v) is 5.24. The Morgan fingerprint density at radius 2 is 1.59 bits per heavy atom. The van der Waals surface area contributed by atoms with Crippen molar-refractivity contribution in [2.24, 2.45) is 0 Å². The Bertz CT molecular complexity index is 982. The molecule has 1 amide bonds. The molecule has 1 aliphatic rings. The minimum absolute atomic E-state index is 0.179. The average Bonchev–Trinajstić information content (AvgIpc) is 2.76. The molecule has 0 aliphatic carbocycles. The van der Waals surface area contributed by atoms with Crippen LogP contribution in [-0.4, -0.2) is 54.1 Å². The van der Waals surface area contributed by atoms with Crippen molar-refractivity contribution in [1.82, 2.24) is 9.88 Å². The van der Waals surface area contributed by atoms with Gasteiger partial charge in [0.25, 0.3) is 5.91 Å². The number of carbonyl (C=O) groups is 1. The Morgan fingerprint density at radius 1 is 0.931 bits per heavy atom. The van der Waals surface area contributed by atoms with Crippen LogP contribution in [-0.2, 0) is 0 Å². The molecule has 0 unspecified atom stereocenters. The summed E-state index contributed by atoms with van der Waals surface area (Å²) >= 11 is 0. The lowest BCUT2D eigenvalue weighted by atomic mass is 10.0. The van der Waals surface area contributed by atoms with Crippen molar-refractivity contribution >= 4 is 17.3 Å². The van der Waals surface area contributed by atoms with Crippen LogP contribution in [0.3, 0.4) is 0 Å². The van der Waals surface area contributed by atoms with Gasteiger partial charge in [0.2, 0.25) is 0 Å². The van der Waals surface area contributed by atoms with E-state index in [1.54, 1.807) is 24.5 Å². The minimum Gasteiger partial charge on any atom is -0.506 e.